The van der Waals surface area contributed by atoms with Gasteiger partial charge in [-0.05, 0) is 29.8 Å². The molecule has 3 rings (SSSR count). The van der Waals surface area contributed by atoms with Crippen molar-refractivity contribution in [1.82, 2.24) is 9.97 Å². The van der Waals surface area contributed by atoms with Gasteiger partial charge in [0.15, 0.2) is 0 Å². The molecular formula is C12H8N2S. The fourth-order valence-corrected chi connectivity index (χ4v) is 2.58. The van der Waals surface area contributed by atoms with E-state index in [9.17, 15) is 0 Å². The van der Waals surface area contributed by atoms with Gasteiger partial charge in [0.1, 0.15) is 0 Å². The Labute approximate surface area is 91.2 Å². The molecule has 3 aromatic heterocycles. The molecule has 0 aliphatic carbocycles. The molecule has 0 aliphatic rings. The van der Waals surface area contributed by atoms with E-state index in [2.05, 4.69) is 16.0 Å². The van der Waals surface area contributed by atoms with Crippen LogP contribution in [0.2, 0.25) is 0 Å². The van der Waals surface area contributed by atoms with Crippen molar-refractivity contribution in [3.8, 4) is 10.4 Å². The van der Waals surface area contributed by atoms with Crippen molar-refractivity contribution in [3.63, 3.8) is 0 Å². The molecule has 0 bridgehead atoms. The summed E-state index contributed by atoms with van der Waals surface area (Å²) in [6.45, 7) is 0. The van der Waals surface area contributed by atoms with Crippen LogP contribution in [0.15, 0.2) is 49.1 Å². The molecule has 15 heavy (non-hydrogen) atoms. The third kappa shape index (κ3) is 1.51. The first-order chi connectivity index (χ1) is 7.43. The van der Waals surface area contributed by atoms with Gasteiger partial charge < -0.3 is 0 Å². The molecule has 0 saturated carbocycles. The number of pyridine rings is 2. The number of rotatable bonds is 1. The molecule has 0 aliphatic heterocycles. The Bertz CT molecular complexity index is 554. The third-order valence-corrected chi connectivity index (χ3v) is 3.45. The molecule has 3 aromatic rings. The van der Waals surface area contributed by atoms with Gasteiger partial charge in [0.2, 0.25) is 0 Å². The highest BCUT2D eigenvalue weighted by molar-refractivity contribution is 7.22. The van der Waals surface area contributed by atoms with E-state index in [1.165, 1.54) is 20.5 Å². The minimum absolute atomic E-state index is 1.20. The molecule has 0 fully saturated rings. The lowest BCUT2D eigenvalue weighted by Crippen LogP contribution is -1.71. The van der Waals surface area contributed by atoms with Crippen LogP contribution in [0, 0.1) is 0 Å². The topological polar surface area (TPSA) is 25.8 Å². The molecule has 2 nitrogen and oxygen atoms in total. The summed E-state index contributed by atoms with van der Waals surface area (Å²) >= 11 is 1.78. The molecule has 3 heterocycles. The van der Waals surface area contributed by atoms with Gasteiger partial charge in [0.05, 0.1) is 0 Å². The highest BCUT2D eigenvalue weighted by atomic mass is 32.1. The summed E-state index contributed by atoms with van der Waals surface area (Å²) in [5, 5.41) is 1.20. The first kappa shape index (κ1) is 8.56. The van der Waals surface area contributed by atoms with E-state index in [1.54, 1.807) is 11.3 Å². The van der Waals surface area contributed by atoms with E-state index < -0.39 is 0 Å². The van der Waals surface area contributed by atoms with Crippen LogP contribution in [-0.4, -0.2) is 9.97 Å². The van der Waals surface area contributed by atoms with Crippen LogP contribution >= 0.6 is 11.3 Å². The monoisotopic (exact) mass is 212 g/mol. The van der Waals surface area contributed by atoms with E-state index in [-0.39, 0.29) is 0 Å². The van der Waals surface area contributed by atoms with Crippen molar-refractivity contribution in [3.05, 3.63) is 49.1 Å². The predicted octanol–water partition coefficient (Wildman–Crippen LogP) is 3.36. The van der Waals surface area contributed by atoms with Crippen LogP contribution in [-0.2, 0) is 0 Å². The number of aromatic nitrogens is 2. The Morgan fingerprint density at radius 3 is 2.53 bits per heavy atom. The molecule has 72 valence electrons. The first-order valence-electron chi connectivity index (χ1n) is 4.67. The van der Waals surface area contributed by atoms with E-state index >= 15 is 0 Å². The van der Waals surface area contributed by atoms with Gasteiger partial charge in [0, 0.05) is 39.8 Å². The normalized spacial score (nSPS) is 10.7. The zero-order valence-corrected chi connectivity index (χ0v) is 8.74. The lowest BCUT2D eigenvalue weighted by molar-refractivity contribution is 1.33. The zero-order valence-electron chi connectivity index (χ0n) is 7.92. The Hall–Kier alpha value is -1.74. The molecule has 0 spiro atoms. The van der Waals surface area contributed by atoms with Gasteiger partial charge in [-0.2, -0.15) is 0 Å². The minimum Gasteiger partial charge on any atom is -0.265 e. The van der Waals surface area contributed by atoms with Crippen LogP contribution in [0.3, 0.4) is 0 Å². The van der Waals surface area contributed by atoms with Gasteiger partial charge in [-0.1, -0.05) is 0 Å². The van der Waals surface area contributed by atoms with Gasteiger partial charge >= 0.3 is 0 Å². The SMILES string of the molecule is c1cc(-c2cc3cnccc3s2)ccn1. The van der Waals surface area contributed by atoms with E-state index in [0.29, 0.717) is 0 Å². The summed E-state index contributed by atoms with van der Waals surface area (Å²) in [7, 11) is 0. The number of hydrogen-bond donors (Lipinski definition) is 0. The van der Waals surface area contributed by atoms with Crippen LogP contribution < -0.4 is 0 Å². The zero-order chi connectivity index (χ0) is 10.1. The summed E-state index contributed by atoms with van der Waals surface area (Å²) in [5.41, 5.74) is 1.21. The fraction of sp³-hybridized carbons (Fsp3) is 0. The van der Waals surface area contributed by atoms with Crippen molar-refractivity contribution in [1.29, 1.82) is 0 Å². The molecule has 0 atom stereocenters. The van der Waals surface area contributed by atoms with Gasteiger partial charge in [-0.15, -0.1) is 11.3 Å². The molecule has 0 saturated heterocycles. The summed E-state index contributed by atoms with van der Waals surface area (Å²) in [4.78, 5) is 9.40. The summed E-state index contributed by atoms with van der Waals surface area (Å²) in [5.74, 6) is 0. The van der Waals surface area contributed by atoms with Crippen LogP contribution in [0.4, 0.5) is 0 Å². The Kier molecular flexibility index (Phi) is 1.96. The highest BCUT2D eigenvalue weighted by Crippen LogP contribution is 2.32. The Morgan fingerprint density at radius 2 is 1.73 bits per heavy atom. The van der Waals surface area contributed by atoms with Crippen LogP contribution in [0.5, 0.6) is 0 Å². The smallest absolute Gasteiger partial charge is 0.0380 e. The van der Waals surface area contributed by atoms with Gasteiger partial charge in [-0.25, -0.2) is 0 Å². The van der Waals surface area contributed by atoms with Crippen molar-refractivity contribution in [2.75, 3.05) is 0 Å². The summed E-state index contributed by atoms with van der Waals surface area (Å²) < 4.78 is 1.27. The van der Waals surface area contributed by atoms with Crippen LogP contribution in [0.1, 0.15) is 0 Å². The summed E-state index contributed by atoms with van der Waals surface area (Å²) in [6.07, 6.45) is 7.36. The molecule has 3 heteroatoms. The molecule has 0 unspecified atom stereocenters. The molecule has 0 N–H and O–H groups in total. The van der Waals surface area contributed by atoms with E-state index in [1.807, 2.05) is 43.0 Å². The number of nitrogens with zero attached hydrogens (tertiary/aromatic N) is 2. The van der Waals surface area contributed by atoms with Crippen molar-refractivity contribution in [2.45, 2.75) is 0 Å². The second-order valence-corrected chi connectivity index (χ2v) is 4.34. The first-order valence-corrected chi connectivity index (χ1v) is 5.49. The maximum atomic E-state index is 4.11. The number of thiophene rings is 1. The van der Waals surface area contributed by atoms with E-state index in [0.717, 1.165) is 0 Å². The van der Waals surface area contributed by atoms with Crippen LogP contribution in [0.25, 0.3) is 20.5 Å². The third-order valence-electron chi connectivity index (χ3n) is 2.28. The lowest BCUT2D eigenvalue weighted by Gasteiger charge is -1.92. The highest BCUT2D eigenvalue weighted by Gasteiger charge is 2.02. The van der Waals surface area contributed by atoms with Crippen molar-refractivity contribution in [2.24, 2.45) is 0 Å². The maximum Gasteiger partial charge on any atom is 0.0380 e. The largest absolute Gasteiger partial charge is 0.265 e. The lowest BCUT2D eigenvalue weighted by atomic mass is 10.2. The quantitative estimate of drug-likeness (QED) is 0.618. The van der Waals surface area contributed by atoms with E-state index in [4.69, 9.17) is 0 Å². The molecular weight excluding hydrogens is 204 g/mol. The van der Waals surface area contributed by atoms with Gasteiger partial charge in [0.25, 0.3) is 0 Å². The maximum absolute atomic E-state index is 4.11. The van der Waals surface area contributed by atoms with Crippen molar-refractivity contribution >= 4 is 21.4 Å². The summed E-state index contributed by atoms with van der Waals surface area (Å²) in [6, 6.07) is 8.27. The second-order valence-electron chi connectivity index (χ2n) is 3.26. The average molecular weight is 212 g/mol. The fourth-order valence-electron chi connectivity index (χ4n) is 1.54. The van der Waals surface area contributed by atoms with Crippen molar-refractivity contribution < 1.29 is 0 Å². The molecule has 0 aromatic carbocycles. The Balaban J connectivity index is 2.21. The predicted molar refractivity (Wildman–Crippen MR) is 62.9 cm³/mol. The van der Waals surface area contributed by atoms with Gasteiger partial charge in [-0.3, -0.25) is 9.97 Å². The Morgan fingerprint density at radius 1 is 0.933 bits per heavy atom. The minimum atomic E-state index is 1.20. The number of hydrogen-bond acceptors (Lipinski definition) is 3. The number of fused-ring (bicyclic) bond motifs is 1. The molecule has 0 amide bonds. The molecule has 0 radical (unpaired) electrons. The average Bonchev–Trinajstić information content (AvgIpc) is 2.74. The standard InChI is InChI=1S/C12H8N2S/c1-4-13-5-2-9(1)12-7-10-8-14-6-3-11(10)15-12/h1-8H. The second kappa shape index (κ2) is 3.44.